The van der Waals surface area contributed by atoms with Gasteiger partial charge in [-0.3, -0.25) is 5.32 Å². The Bertz CT molecular complexity index is 679. The van der Waals surface area contributed by atoms with Gasteiger partial charge >= 0.3 is 6.03 Å². The minimum Gasteiger partial charge on any atom is -0.456 e. The number of nitrogen functional groups attached to an aromatic ring is 1. The Balaban J connectivity index is 2.22. The van der Waals surface area contributed by atoms with E-state index in [0.717, 1.165) is 0 Å². The average molecular weight is 327 g/mol. The number of hydrogen-bond acceptors (Lipinski definition) is 4. The molecule has 0 unspecified atom stereocenters. The summed E-state index contributed by atoms with van der Waals surface area (Å²) < 4.78 is 5.62. The van der Waals surface area contributed by atoms with Crippen LogP contribution in [0.4, 0.5) is 16.3 Å². The summed E-state index contributed by atoms with van der Waals surface area (Å²) in [5.74, 6) is 1.14. The lowest BCUT2D eigenvalue weighted by Crippen LogP contribution is -2.24. The van der Waals surface area contributed by atoms with Gasteiger partial charge in [0.1, 0.15) is 22.3 Å². The number of anilines is 2. The number of carbonyl (C=O) groups excluding carboxylic acids is 1. The summed E-state index contributed by atoms with van der Waals surface area (Å²) >= 11 is 12.0. The molecule has 0 saturated carbocycles. The number of nitrogens with two attached hydrogens (primary N) is 1. The fraction of sp³-hybridized carbons (Fsp3) is 0.0769. The molecule has 0 aliphatic carbocycles. The van der Waals surface area contributed by atoms with Gasteiger partial charge in [0.05, 0.1) is 10.7 Å². The first kappa shape index (κ1) is 15.2. The van der Waals surface area contributed by atoms with Gasteiger partial charge < -0.3 is 15.8 Å². The minimum atomic E-state index is -0.381. The zero-order chi connectivity index (χ0) is 15.4. The Labute approximate surface area is 131 Å². The number of ether oxygens (including phenoxy) is 1. The minimum absolute atomic E-state index is 0.217. The van der Waals surface area contributed by atoms with Gasteiger partial charge in [0.15, 0.2) is 0 Å². The van der Waals surface area contributed by atoms with Crippen LogP contribution in [-0.4, -0.2) is 18.1 Å². The molecule has 2 aromatic rings. The van der Waals surface area contributed by atoms with Crippen LogP contribution in [0.1, 0.15) is 0 Å². The molecule has 0 spiro atoms. The second kappa shape index (κ2) is 6.51. The van der Waals surface area contributed by atoms with Crippen LogP contribution in [0, 0.1) is 0 Å². The van der Waals surface area contributed by atoms with Crippen molar-refractivity contribution in [3.63, 3.8) is 0 Å². The molecule has 0 fully saturated rings. The van der Waals surface area contributed by atoms with E-state index >= 15 is 0 Å². The molecular formula is C13H12Cl2N4O2. The van der Waals surface area contributed by atoms with E-state index in [0.29, 0.717) is 23.0 Å². The maximum absolute atomic E-state index is 11.2. The van der Waals surface area contributed by atoms with Crippen LogP contribution in [0.5, 0.6) is 11.5 Å². The normalized spacial score (nSPS) is 10.0. The smallest absolute Gasteiger partial charge is 0.320 e. The van der Waals surface area contributed by atoms with Gasteiger partial charge in [-0.15, -0.1) is 0 Å². The van der Waals surface area contributed by atoms with Crippen LogP contribution in [-0.2, 0) is 0 Å². The van der Waals surface area contributed by atoms with E-state index in [1.165, 1.54) is 13.2 Å². The maximum atomic E-state index is 11.2. The molecule has 0 bridgehead atoms. The highest BCUT2D eigenvalue weighted by Crippen LogP contribution is 2.38. The summed E-state index contributed by atoms with van der Waals surface area (Å²) in [5.41, 5.74) is 6.01. The molecule has 8 heteroatoms. The molecule has 0 saturated heterocycles. The maximum Gasteiger partial charge on any atom is 0.320 e. The number of benzene rings is 1. The summed E-state index contributed by atoms with van der Waals surface area (Å²) in [6.45, 7) is 0. The molecule has 0 aliphatic rings. The molecule has 1 aromatic carbocycles. The Morgan fingerprint density at radius 3 is 2.76 bits per heavy atom. The van der Waals surface area contributed by atoms with Crippen LogP contribution >= 0.6 is 23.2 Å². The zero-order valence-corrected chi connectivity index (χ0v) is 12.5. The third kappa shape index (κ3) is 3.68. The zero-order valence-electron chi connectivity index (χ0n) is 11.0. The standard InChI is InChI=1S/C13H12Cl2N4O2/c1-17-13(20)19-10-6-7(4-5-18-10)21-9-3-2-8(16)11(14)12(9)15/h2-6H,16H2,1H3,(H2,17,18,19,20). The first-order chi connectivity index (χ1) is 10.0. The SMILES string of the molecule is CNC(=O)Nc1cc(Oc2ccc(N)c(Cl)c2Cl)ccn1. The molecule has 2 amide bonds. The summed E-state index contributed by atoms with van der Waals surface area (Å²) in [6.07, 6.45) is 1.49. The number of aromatic nitrogens is 1. The molecule has 2 rings (SSSR count). The van der Waals surface area contributed by atoms with Gasteiger partial charge in [0, 0.05) is 19.3 Å². The van der Waals surface area contributed by atoms with E-state index in [4.69, 9.17) is 33.7 Å². The summed E-state index contributed by atoms with van der Waals surface area (Å²) in [4.78, 5) is 15.2. The van der Waals surface area contributed by atoms with Gasteiger partial charge in [0.25, 0.3) is 0 Å². The Morgan fingerprint density at radius 1 is 1.29 bits per heavy atom. The topological polar surface area (TPSA) is 89.3 Å². The molecule has 1 aromatic heterocycles. The summed E-state index contributed by atoms with van der Waals surface area (Å²) in [5, 5.41) is 5.40. The highest BCUT2D eigenvalue weighted by molar-refractivity contribution is 6.44. The number of urea groups is 1. The van der Waals surface area contributed by atoms with Crippen LogP contribution < -0.4 is 21.1 Å². The van der Waals surface area contributed by atoms with Crippen LogP contribution in [0.3, 0.4) is 0 Å². The Hall–Kier alpha value is -2.18. The molecule has 6 nitrogen and oxygen atoms in total. The number of rotatable bonds is 3. The lowest BCUT2D eigenvalue weighted by molar-refractivity contribution is 0.254. The van der Waals surface area contributed by atoms with Crippen molar-refractivity contribution in [3.05, 3.63) is 40.5 Å². The monoisotopic (exact) mass is 326 g/mol. The van der Waals surface area contributed by atoms with Gasteiger partial charge in [-0.05, 0) is 18.2 Å². The Morgan fingerprint density at radius 2 is 2.05 bits per heavy atom. The molecule has 21 heavy (non-hydrogen) atoms. The Kier molecular flexibility index (Phi) is 4.72. The van der Waals surface area contributed by atoms with Crippen LogP contribution in [0.2, 0.25) is 10.0 Å². The fourth-order valence-electron chi connectivity index (χ4n) is 1.47. The second-order valence-electron chi connectivity index (χ2n) is 3.96. The van der Waals surface area contributed by atoms with Crippen molar-refractivity contribution in [1.29, 1.82) is 0 Å². The summed E-state index contributed by atoms with van der Waals surface area (Å²) in [7, 11) is 1.51. The van der Waals surface area contributed by atoms with Crippen LogP contribution in [0.25, 0.3) is 0 Å². The van der Waals surface area contributed by atoms with E-state index in [2.05, 4.69) is 15.6 Å². The molecule has 110 valence electrons. The molecular weight excluding hydrogens is 315 g/mol. The van der Waals surface area contributed by atoms with Gasteiger partial charge in [-0.25, -0.2) is 9.78 Å². The number of amides is 2. The first-order valence-electron chi connectivity index (χ1n) is 5.87. The first-order valence-corrected chi connectivity index (χ1v) is 6.63. The highest BCUT2D eigenvalue weighted by atomic mass is 35.5. The highest BCUT2D eigenvalue weighted by Gasteiger charge is 2.11. The van der Waals surface area contributed by atoms with E-state index < -0.39 is 0 Å². The van der Waals surface area contributed by atoms with Crippen molar-refractivity contribution in [2.75, 3.05) is 18.1 Å². The van der Waals surface area contributed by atoms with Crippen molar-refractivity contribution >= 4 is 40.7 Å². The van der Waals surface area contributed by atoms with Crippen molar-refractivity contribution in [3.8, 4) is 11.5 Å². The number of hydrogen-bond donors (Lipinski definition) is 3. The van der Waals surface area contributed by atoms with Crippen molar-refractivity contribution < 1.29 is 9.53 Å². The van der Waals surface area contributed by atoms with E-state index in [1.54, 1.807) is 24.3 Å². The van der Waals surface area contributed by atoms with E-state index in [9.17, 15) is 4.79 Å². The van der Waals surface area contributed by atoms with Crippen molar-refractivity contribution in [1.82, 2.24) is 10.3 Å². The molecule has 1 heterocycles. The summed E-state index contributed by atoms with van der Waals surface area (Å²) in [6, 6.07) is 5.99. The predicted molar refractivity (Wildman–Crippen MR) is 83.3 cm³/mol. The number of pyridine rings is 1. The average Bonchev–Trinajstić information content (AvgIpc) is 2.48. The van der Waals surface area contributed by atoms with Gasteiger partial charge in [-0.1, -0.05) is 23.2 Å². The van der Waals surface area contributed by atoms with Gasteiger partial charge in [-0.2, -0.15) is 0 Å². The fourth-order valence-corrected chi connectivity index (χ4v) is 1.84. The van der Waals surface area contributed by atoms with Crippen molar-refractivity contribution in [2.24, 2.45) is 0 Å². The third-order valence-electron chi connectivity index (χ3n) is 2.50. The molecule has 0 aliphatic heterocycles. The van der Waals surface area contributed by atoms with Crippen LogP contribution in [0.15, 0.2) is 30.5 Å². The number of halogens is 2. The largest absolute Gasteiger partial charge is 0.456 e. The molecule has 4 N–H and O–H groups in total. The number of nitrogens with zero attached hydrogens (tertiary/aromatic N) is 1. The lowest BCUT2D eigenvalue weighted by Gasteiger charge is -2.11. The number of nitrogens with one attached hydrogen (secondary N) is 2. The number of carbonyl (C=O) groups is 1. The van der Waals surface area contributed by atoms with E-state index in [-0.39, 0.29) is 16.1 Å². The van der Waals surface area contributed by atoms with Crippen molar-refractivity contribution in [2.45, 2.75) is 0 Å². The molecule has 0 radical (unpaired) electrons. The second-order valence-corrected chi connectivity index (χ2v) is 4.72. The quantitative estimate of drug-likeness (QED) is 0.753. The van der Waals surface area contributed by atoms with Gasteiger partial charge in [0.2, 0.25) is 0 Å². The van der Waals surface area contributed by atoms with E-state index in [1.807, 2.05) is 0 Å². The molecule has 0 atom stereocenters. The third-order valence-corrected chi connectivity index (χ3v) is 3.38. The predicted octanol–water partition coefficient (Wildman–Crippen LogP) is 3.51. The lowest BCUT2D eigenvalue weighted by atomic mass is 10.3.